The fraction of sp³-hybridized carbons (Fsp3) is 0.250. The van der Waals surface area contributed by atoms with Crippen LogP contribution >= 0.6 is 0 Å². The van der Waals surface area contributed by atoms with E-state index in [0.717, 1.165) is 11.1 Å². The summed E-state index contributed by atoms with van der Waals surface area (Å²) in [7, 11) is 0. The Labute approximate surface area is 98.9 Å². The lowest BCUT2D eigenvalue weighted by molar-refractivity contribution is -0.116. The van der Waals surface area contributed by atoms with E-state index in [-0.39, 0.29) is 11.9 Å². The van der Waals surface area contributed by atoms with Crippen molar-refractivity contribution in [3.63, 3.8) is 0 Å². The van der Waals surface area contributed by atoms with Gasteiger partial charge in [-0.15, -0.1) is 5.10 Å². The van der Waals surface area contributed by atoms with Crippen LogP contribution in [0.2, 0.25) is 0 Å². The predicted molar refractivity (Wildman–Crippen MR) is 63.4 cm³/mol. The molecule has 0 aliphatic carbocycles. The molecule has 2 rings (SSSR count). The standard InChI is InChI=1S/C12H13N3O2/c1-3-10(16)13-12-15-14-11(17-12)9-6-4-8(2)5-7-9/h4-7H,3H2,1-2H3,(H,13,15,16). The van der Waals surface area contributed by atoms with Gasteiger partial charge in [0, 0.05) is 12.0 Å². The van der Waals surface area contributed by atoms with E-state index >= 15 is 0 Å². The molecule has 0 aliphatic heterocycles. The maximum Gasteiger partial charge on any atom is 0.322 e. The van der Waals surface area contributed by atoms with Crippen LogP contribution in [0.25, 0.3) is 11.5 Å². The summed E-state index contributed by atoms with van der Waals surface area (Å²) in [5.41, 5.74) is 1.99. The van der Waals surface area contributed by atoms with Gasteiger partial charge in [0.25, 0.3) is 0 Å². The second kappa shape index (κ2) is 4.78. The summed E-state index contributed by atoms with van der Waals surface area (Å²) >= 11 is 0. The molecule has 1 heterocycles. The van der Waals surface area contributed by atoms with Gasteiger partial charge in [0.15, 0.2) is 0 Å². The fourth-order valence-electron chi connectivity index (χ4n) is 1.29. The normalized spacial score (nSPS) is 10.2. The van der Waals surface area contributed by atoms with Crippen molar-refractivity contribution >= 4 is 11.9 Å². The number of nitrogens with one attached hydrogen (secondary N) is 1. The number of rotatable bonds is 3. The van der Waals surface area contributed by atoms with Gasteiger partial charge in [0.1, 0.15) is 0 Å². The number of nitrogens with zero attached hydrogens (tertiary/aromatic N) is 2. The van der Waals surface area contributed by atoms with E-state index in [2.05, 4.69) is 15.5 Å². The largest absolute Gasteiger partial charge is 0.403 e. The van der Waals surface area contributed by atoms with Gasteiger partial charge in [-0.2, -0.15) is 0 Å². The zero-order valence-corrected chi connectivity index (χ0v) is 9.73. The van der Waals surface area contributed by atoms with Crippen LogP contribution in [-0.2, 0) is 4.79 Å². The van der Waals surface area contributed by atoms with Gasteiger partial charge in [0.05, 0.1) is 0 Å². The van der Waals surface area contributed by atoms with Crippen molar-refractivity contribution < 1.29 is 9.21 Å². The van der Waals surface area contributed by atoms with Crippen LogP contribution in [0.1, 0.15) is 18.9 Å². The molecule has 5 heteroatoms. The fourth-order valence-corrected chi connectivity index (χ4v) is 1.29. The van der Waals surface area contributed by atoms with Crippen LogP contribution in [0.4, 0.5) is 6.01 Å². The Bertz CT molecular complexity index is 517. The first kappa shape index (κ1) is 11.3. The molecule has 5 nitrogen and oxygen atoms in total. The number of aromatic nitrogens is 2. The van der Waals surface area contributed by atoms with E-state index in [9.17, 15) is 4.79 Å². The Balaban J connectivity index is 2.18. The summed E-state index contributed by atoms with van der Waals surface area (Å²) in [4.78, 5) is 11.1. The van der Waals surface area contributed by atoms with Gasteiger partial charge in [-0.3, -0.25) is 10.1 Å². The molecule has 0 saturated carbocycles. The van der Waals surface area contributed by atoms with Crippen molar-refractivity contribution in [1.82, 2.24) is 10.2 Å². The number of benzene rings is 1. The minimum absolute atomic E-state index is 0.132. The molecule has 0 aliphatic rings. The Morgan fingerprint density at radius 1 is 1.29 bits per heavy atom. The summed E-state index contributed by atoms with van der Waals surface area (Å²) < 4.78 is 5.33. The zero-order chi connectivity index (χ0) is 12.3. The third-order valence-electron chi connectivity index (χ3n) is 2.29. The van der Waals surface area contributed by atoms with Crippen molar-refractivity contribution in [2.45, 2.75) is 20.3 Å². The molecule has 0 atom stereocenters. The lowest BCUT2D eigenvalue weighted by Gasteiger charge is -1.96. The molecule has 0 unspecified atom stereocenters. The maximum atomic E-state index is 11.1. The number of carbonyl (C=O) groups is 1. The van der Waals surface area contributed by atoms with Crippen molar-refractivity contribution in [3.8, 4) is 11.5 Å². The Morgan fingerprint density at radius 3 is 2.65 bits per heavy atom. The number of hydrogen-bond donors (Lipinski definition) is 1. The van der Waals surface area contributed by atoms with E-state index in [1.807, 2.05) is 31.2 Å². The zero-order valence-electron chi connectivity index (χ0n) is 9.73. The van der Waals surface area contributed by atoms with Crippen LogP contribution in [-0.4, -0.2) is 16.1 Å². The van der Waals surface area contributed by atoms with Crippen LogP contribution < -0.4 is 5.32 Å². The molecule has 1 amide bonds. The highest BCUT2D eigenvalue weighted by Crippen LogP contribution is 2.19. The molecular formula is C12H13N3O2. The highest BCUT2D eigenvalue weighted by molar-refractivity contribution is 5.88. The van der Waals surface area contributed by atoms with Gasteiger partial charge in [-0.1, -0.05) is 29.7 Å². The quantitative estimate of drug-likeness (QED) is 0.880. The van der Waals surface area contributed by atoms with Gasteiger partial charge >= 0.3 is 6.01 Å². The van der Waals surface area contributed by atoms with E-state index < -0.39 is 0 Å². The van der Waals surface area contributed by atoms with Crippen molar-refractivity contribution in [2.24, 2.45) is 0 Å². The van der Waals surface area contributed by atoms with Crippen molar-refractivity contribution in [1.29, 1.82) is 0 Å². The first-order chi connectivity index (χ1) is 8.19. The molecule has 0 radical (unpaired) electrons. The molecule has 1 aromatic carbocycles. The molecular weight excluding hydrogens is 218 g/mol. The highest BCUT2D eigenvalue weighted by atomic mass is 16.4. The van der Waals surface area contributed by atoms with E-state index in [0.29, 0.717) is 12.3 Å². The minimum atomic E-state index is -0.149. The smallest absolute Gasteiger partial charge is 0.322 e. The monoisotopic (exact) mass is 231 g/mol. The molecule has 0 fully saturated rings. The van der Waals surface area contributed by atoms with Gasteiger partial charge in [0.2, 0.25) is 11.8 Å². The minimum Gasteiger partial charge on any atom is -0.403 e. The molecule has 17 heavy (non-hydrogen) atoms. The van der Waals surface area contributed by atoms with Crippen LogP contribution in [0, 0.1) is 6.92 Å². The molecule has 0 bridgehead atoms. The van der Waals surface area contributed by atoms with Crippen LogP contribution in [0.5, 0.6) is 0 Å². The first-order valence-electron chi connectivity index (χ1n) is 5.39. The maximum absolute atomic E-state index is 11.1. The van der Waals surface area contributed by atoms with Gasteiger partial charge in [-0.25, -0.2) is 0 Å². The molecule has 1 aromatic heterocycles. The molecule has 2 aromatic rings. The summed E-state index contributed by atoms with van der Waals surface area (Å²) in [6, 6.07) is 7.85. The third kappa shape index (κ3) is 2.69. The second-order valence-corrected chi connectivity index (χ2v) is 3.68. The highest BCUT2D eigenvalue weighted by Gasteiger charge is 2.09. The van der Waals surface area contributed by atoms with Gasteiger partial charge in [-0.05, 0) is 19.1 Å². The third-order valence-corrected chi connectivity index (χ3v) is 2.29. The lowest BCUT2D eigenvalue weighted by Crippen LogP contribution is -2.09. The lowest BCUT2D eigenvalue weighted by atomic mass is 10.1. The number of amides is 1. The summed E-state index contributed by atoms with van der Waals surface area (Å²) in [5.74, 6) is 0.250. The Kier molecular flexibility index (Phi) is 3.18. The van der Waals surface area contributed by atoms with E-state index in [4.69, 9.17) is 4.42 Å². The summed E-state index contributed by atoms with van der Waals surface area (Å²) in [5, 5.41) is 10.1. The predicted octanol–water partition coefficient (Wildman–Crippen LogP) is 2.39. The Morgan fingerprint density at radius 2 is 2.00 bits per heavy atom. The first-order valence-corrected chi connectivity index (χ1v) is 5.39. The number of carbonyl (C=O) groups excluding carboxylic acids is 1. The summed E-state index contributed by atoms with van der Waals surface area (Å²) in [6.45, 7) is 3.76. The number of anilines is 1. The Hall–Kier alpha value is -2.17. The average Bonchev–Trinajstić information content (AvgIpc) is 2.78. The molecule has 1 N–H and O–H groups in total. The van der Waals surface area contributed by atoms with Crippen molar-refractivity contribution in [3.05, 3.63) is 29.8 Å². The topological polar surface area (TPSA) is 68.0 Å². The average molecular weight is 231 g/mol. The molecule has 0 spiro atoms. The second-order valence-electron chi connectivity index (χ2n) is 3.68. The van der Waals surface area contributed by atoms with E-state index in [1.165, 1.54) is 0 Å². The van der Waals surface area contributed by atoms with Crippen molar-refractivity contribution in [2.75, 3.05) is 5.32 Å². The van der Waals surface area contributed by atoms with Gasteiger partial charge < -0.3 is 4.42 Å². The number of aryl methyl sites for hydroxylation is 1. The summed E-state index contributed by atoms with van der Waals surface area (Å²) in [6.07, 6.45) is 0.377. The van der Waals surface area contributed by atoms with Crippen LogP contribution in [0.3, 0.4) is 0 Å². The van der Waals surface area contributed by atoms with E-state index in [1.54, 1.807) is 6.92 Å². The molecule has 0 saturated heterocycles. The van der Waals surface area contributed by atoms with Crippen LogP contribution in [0.15, 0.2) is 28.7 Å². The molecule has 88 valence electrons. The SMILES string of the molecule is CCC(=O)Nc1nnc(-c2ccc(C)cc2)o1. The number of hydrogen-bond acceptors (Lipinski definition) is 4.